The van der Waals surface area contributed by atoms with Gasteiger partial charge in [0.05, 0.1) is 30.0 Å². The number of piperazine rings is 1. The van der Waals surface area contributed by atoms with Crippen LogP contribution < -0.4 is 4.90 Å². The van der Waals surface area contributed by atoms with Crippen molar-refractivity contribution in [2.24, 2.45) is 7.05 Å². The number of nitriles is 1. The number of carbonyl (C=O) groups is 1. The number of aryl methyl sites for hydroxylation is 1. The molecule has 1 atom stereocenters. The fraction of sp³-hybridized carbons (Fsp3) is 0.346. The van der Waals surface area contributed by atoms with Gasteiger partial charge < -0.3 is 14.7 Å². The van der Waals surface area contributed by atoms with E-state index in [1.165, 1.54) is 0 Å². The molecule has 10 nitrogen and oxygen atoms in total. The smallest absolute Gasteiger partial charge is 0.320 e. The highest BCUT2D eigenvalue weighted by Crippen LogP contribution is 2.32. The summed E-state index contributed by atoms with van der Waals surface area (Å²) >= 11 is 0. The van der Waals surface area contributed by atoms with Crippen LogP contribution in [0.15, 0.2) is 49.2 Å². The summed E-state index contributed by atoms with van der Waals surface area (Å²) < 4.78 is 17.0. The summed E-state index contributed by atoms with van der Waals surface area (Å²) in [6, 6.07) is 8.17. The highest BCUT2D eigenvalue weighted by Gasteiger charge is 2.31. The molecule has 2 aliphatic heterocycles. The summed E-state index contributed by atoms with van der Waals surface area (Å²) in [6.07, 6.45) is 8.53. The lowest BCUT2D eigenvalue weighted by Crippen LogP contribution is -2.52. The minimum absolute atomic E-state index is 0.0743. The van der Waals surface area contributed by atoms with E-state index in [1.54, 1.807) is 31.4 Å². The van der Waals surface area contributed by atoms with E-state index in [9.17, 15) is 14.4 Å². The first-order valence-electron chi connectivity index (χ1n) is 12.3. The number of halogens is 1. The Morgan fingerprint density at radius 3 is 2.49 bits per heavy atom. The van der Waals surface area contributed by atoms with Crippen molar-refractivity contribution >= 4 is 17.4 Å². The summed E-state index contributed by atoms with van der Waals surface area (Å²) in [4.78, 5) is 23.0. The fourth-order valence-corrected chi connectivity index (χ4v) is 5.10. The lowest BCUT2D eigenvalue weighted by Gasteiger charge is -2.37. The summed E-state index contributed by atoms with van der Waals surface area (Å²) in [5.74, 6) is 0.828. The Kier molecular flexibility index (Phi) is 5.71. The van der Waals surface area contributed by atoms with Gasteiger partial charge in [-0.25, -0.2) is 18.7 Å². The molecule has 6 heterocycles. The predicted molar refractivity (Wildman–Crippen MR) is 136 cm³/mol. The van der Waals surface area contributed by atoms with Gasteiger partial charge in [0.2, 0.25) is 0 Å². The Hall–Kier alpha value is -4.46. The molecule has 2 aliphatic rings. The average Bonchev–Trinajstić information content (AvgIpc) is 3.67. The van der Waals surface area contributed by atoms with Gasteiger partial charge in [0.15, 0.2) is 0 Å². The summed E-state index contributed by atoms with van der Waals surface area (Å²) in [7, 11) is 1.87. The molecule has 0 aliphatic carbocycles. The van der Waals surface area contributed by atoms with Gasteiger partial charge in [-0.2, -0.15) is 15.5 Å². The van der Waals surface area contributed by atoms with Crippen LogP contribution in [0.2, 0.25) is 0 Å². The van der Waals surface area contributed by atoms with E-state index in [2.05, 4.69) is 21.2 Å². The van der Waals surface area contributed by atoms with Crippen LogP contribution in [-0.2, 0) is 7.05 Å². The average molecular weight is 500 g/mol. The number of nitrogens with zero attached hydrogens (tertiary/aromatic N) is 9. The Morgan fingerprint density at radius 1 is 1.00 bits per heavy atom. The standard InChI is InChI=1S/C26H26FN9O/c1-32-15-21(14-30-32)19-10-23(25-20(11-28)13-31-36(25)16-19)18-2-3-24(29-12-18)33-6-8-34(9-7-33)26(37)35-5-4-22(27)17-35/h2-3,10,12-16,22H,4-9,17H2,1H3. The van der Waals surface area contributed by atoms with Crippen molar-refractivity contribution < 1.29 is 9.18 Å². The maximum atomic E-state index is 13.5. The maximum Gasteiger partial charge on any atom is 0.320 e. The third-order valence-corrected chi connectivity index (χ3v) is 7.10. The topological polar surface area (TPSA) is 98.6 Å². The van der Waals surface area contributed by atoms with Gasteiger partial charge in [0.25, 0.3) is 0 Å². The van der Waals surface area contributed by atoms with Crippen molar-refractivity contribution in [3.8, 4) is 28.3 Å². The van der Waals surface area contributed by atoms with Gasteiger partial charge in [-0.1, -0.05) is 0 Å². The first kappa shape index (κ1) is 23.0. The van der Waals surface area contributed by atoms with Crippen molar-refractivity contribution in [3.05, 3.63) is 54.7 Å². The van der Waals surface area contributed by atoms with E-state index < -0.39 is 6.17 Å². The number of anilines is 1. The number of alkyl halides is 1. The van der Waals surface area contributed by atoms with E-state index in [1.807, 2.05) is 43.8 Å². The van der Waals surface area contributed by atoms with Gasteiger partial charge >= 0.3 is 6.03 Å². The molecule has 6 rings (SSSR count). The molecule has 0 spiro atoms. The van der Waals surface area contributed by atoms with E-state index in [4.69, 9.17) is 4.98 Å². The second-order valence-electron chi connectivity index (χ2n) is 9.50. The van der Waals surface area contributed by atoms with Crippen LogP contribution >= 0.6 is 0 Å². The van der Waals surface area contributed by atoms with Crippen LogP contribution in [0.1, 0.15) is 12.0 Å². The van der Waals surface area contributed by atoms with Gasteiger partial charge in [0, 0.05) is 80.6 Å². The Bertz CT molecular complexity index is 1490. The molecule has 0 saturated carbocycles. The van der Waals surface area contributed by atoms with Crippen molar-refractivity contribution in [3.63, 3.8) is 0 Å². The highest BCUT2D eigenvalue weighted by atomic mass is 19.1. The molecule has 188 valence electrons. The van der Waals surface area contributed by atoms with Crippen molar-refractivity contribution in [2.45, 2.75) is 12.6 Å². The molecule has 0 radical (unpaired) electrons. The summed E-state index contributed by atoms with van der Waals surface area (Å²) in [6.45, 7) is 3.15. The van der Waals surface area contributed by atoms with Gasteiger partial charge in [-0.05, 0) is 24.6 Å². The molecule has 11 heteroatoms. The molecule has 37 heavy (non-hydrogen) atoms. The number of likely N-dealkylation sites (tertiary alicyclic amines) is 1. The number of urea groups is 1. The SMILES string of the molecule is Cn1cc(-c2cc(-c3ccc(N4CCN(C(=O)N5CCC(F)C5)CC4)nc3)c3c(C#N)cnn3c2)cn1. The number of hydrogen-bond donors (Lipinski definition) is 0. The highest BCUT2D eigenvalue weighted by molar-refractivity contribution is 5.87. The van der Waals surface area contributed by atoms with E-state index in [0.29, 0.717) is 44.7 Å². The number of rotatable bonds is 3. The number of hydrogen-bond acceptors (Lipinski definition) is 6. The van der Waals surface area contributed by atoms with E-state index >= 15 is 0 Å². The molecule has 0 N–H and O–H groups in total. The Labute approximate surface area is 213 Å². The van der Waals surface area contributed by atoms with Crippen LogP contribution in [0, 0.1) is 11.3 Å². The molecule has 0 bridgehead atoms. The fourth-order valence-electron chi connectivity index (χ4n) is 5.10. The zero-order chi connectivity index (χ0) is 25.5. The van der Waals surface area contributed by atoms with Gasteiger partial charge in [-0.15, -0.1) is 0 Å². The number of fused-ring (bicyclic) bond motifs is 1. The number of aromatic nitrogens is 5. The minimum Gasteiger partial charge on any atom is -0.353 e. The number of amides is 2. The third kappa shape index (κ3) is 4.24. The van der Waals surface area contributed by atoms with Crippen LogP contribution in [-0.4, -0.2) is 85.6 Å². The first-order valence-corrected chi connectivity index (χ1v) is 12.3. The van der Waals surface area contributed by atoms with Gasteiger partial charge in [-0.3, -0.25) is 4.68 Å². The lowest BCUT2D eigenvalue weighted by atomic mass is 10.0. The molecule has 4 aromatic rings. The largest absolute Gasteiger partial charge is 0.353 e. The first-order chi connectivity index (χ1) is 18.0. The molecule has 2 fully saturated rings. The molecular formula is C26H26FN9O. The molecule has 4 aromatic heterocycles. The Morgan fingerprint density at radius 2 is 1.84 bits per heavy atom. The van der Waals surface area contributed by atoms with Crippen molar-refractivity contribution in [2.75, 3.05) is 44.2 Å². The molecule has 0 aromatic carbocycles. The van der Waals surface area contributed by atoms with Gasteiger partial charge in [0.1, 0.15) is 18.1 Å². The molecular weight excluding hydrogens is 473 g/mol. The summed E-state index contributed by atoms with van der Waals surface area (Å²) in [5, 5.41) is 18.3. The van der Waals surface area contributed by atoms with Crippen molar-refractivity contribution in [1.29, 1.82) is 5.26 Å². The Balaban J connectivity index is 1.23. The minimum atomic E-state index is -0.911. The van der Waals surface area contributed by atoms with Crippen LogP contribution in [0.3, 0.4) is 0 Å². The molecule has 2 amide bonds. The second kappa shape index (κ2) is 9.20. The molecule has 2 saturated heterocycles. The quantitative estimate of drug-likeness (QED) is 0.430. The molecule has 1 unspecified atom stereocenters. The normalized spacial score (nSPS) is 18.0. The van der Waals surface area contributed by atoms with Crippen LogP contribution in [0.5, 0.6) is 0 Å². The van der Waals surface area contributed by atoms with Crippen molar-refractivity contribution in [1.82, 2.24) is 34.2 Å². The van der Waals surface area contributed by atoms with Crippen LogP contribution in [0.4, 0.5) is 15.0 Å². The number of carbonyl (C=O) groups excluding carboxylic acids is 1. The summed E-state index contributed by atoms with van der Waals surface area (Å²) in [5.41, 5.74) is 4.85. The maximum absolute atomic E-state index is 13.5. The number of pyridine rings is 2. The zero-order valence-corrected chi connectivity index (χ0v) is 20.5. The lowest BCUT2D eigenvalue weighted by molar-refractivity contribution is 0.156. The predicted octanol–water partition coefficient (Wildman–Crippen LogP) is 2.95. The third-order valence-electron chi connectivity index (χ3n) is 7.10. The van der Waals surface area contributed by atoms with Crippen LogP contribution in [0.25, 0.3) is 27.8 Å². The van der Waals surface area contributed by atoms with E-state index in [0.717, 1.165) is 33.6 Å². The zero-order valence-electron chi connectivity index (χ0n) is 20.5. The second-order valence-corrected chi connectivity index (χ2v) is 9.50. The monoisotopic (exact) mass is 499 g/mol. The van der Waals surface area contributed by atoms with E-state index in [-0.39, 0.29) is 12.6 Å².